The van der Waals surface area contributed by atoms with Gasteiger partial charge in [-0.15, -0.1) is 24.0 Å². The summed E-state index contributed by atoms with van der Waals surface area (Å²) >= 11 is 0. The second-order valence-corrected chi connectivity index (χ2v) is 5.03. The topological polar surface area (TPSA) is 26.0 Å². The van der Waals surface area contributed by atoms with E-state index in [1.165, 1.54) is 64.2 Å². The molecule has 16 heavy (non-hydrogen) atoms. The monoisotopic (exact) mass is 341 g/mol. The Morgan fingerprint density at radius 2 is 1.06 bits per heavy atom. The largest absolute Gasteiger partial charge is 0.325 e. The van der Waals surface area contributed by atoms with Crippen LogP contribution < -0.4 is 5.73 Å². The van der Waals surface area contributed by atoms with Gasteiger partial charge in [0, 0.05) is 5.54 Å². The van der Waals surface area contributed by atoms with Gasteiger partial charge in [0.2, 0.25) is 0 Å². The van der Waals surface area contributed by atoms with E-state index in [-0.39, 0.29) is 29.5 Å². The number of nitrogens with two attached hydrogens (primary N) is 1. The lowest BCUT2D eigenvalue weighted by molar-refractivity contribution is 0.310. The molecule has 2 heteroatoms. The first-order chi connectivity index (χ1) is 7.18. The summed E-state index contributed by atoms with van der Waals surface area (Å²) in [6.45, 7) is 6.77. The summed E-state index contributed by atoms with van der Waals surface area (Å²) in [5.74, 6) is 0. The van der Waals surface area contributed by atoms with E-state index in [1.54, 1.807) is 0 Å². The molecule has 0 aliphatic carbocycles. The Morgan fingerprint density at radius 3 is 1.44 bits per heavy atom. The van der Waals surface area contributed by atoms with Crippen LogP contribution in [0.4, 0.5) is 0 Å². The fourth-order valence-corrected chi connectivity index (χ4v) is 2.16. The van der Waals surface area contributed by atoms with Crippen molar-refractivity contribution in [2.75, 3.05) is 0 Å². The summed E-state index contributed by atoms with van der Waals surface area (Å²) < 4.78 is 0. The van der Waals surface area contributed by atoms with Crippen molar-refractivity contribution in [3.63, 3.8) is 0 Å². The van der Waals surface area contributed by atoms with Gasteiger partial charge in [-0.25, -0.2) is 0 Å². The van der Waals surface area contributed by atoms with E-state index < -0.39 is 0 Å². The highest BCUT2D eigenvalue weighted by Crippen LogP contribution is 2.25. The van der Waals surface area contributed by atoms with Crippen LogP contribution in [0, 0.1) is 0 Å². The van der Waals surface area contributed by atoms with Crippen molar-refractivity contribution >= 4 is 24.0 Å². The normalized spacial score (nSPS) is 11.2. The molecule has 2 N–H and O–H groups in total. The molecule has 0 saturated heterocycles. The lowest BCUT2D eigenvalue weighted by Crippen LogP contribution is -2.39. The summed E-state index contributed by atoms with van der Waals surface area (Å²) in [4.78, 5) is 0. The van der Waals surface area contributed by atoms with E-state index >= 15 is 0 Å². The molecule has 0 radical (unpaired) electrons. The molecule has 0 rings (SSSR count). The predicted octanol–water partition coefficient (Wildman–Crippen LogP) is 5.26. The zero-order chi connectivity index (χ0) is 11.6. The number of unbranched alkanes of at least 4 members (excludes halogenated alkanes) is 4. The van der Waals surface area contributed by atoms with Crippen molar-refractivity contribution in [1.82, 2.24) is 0 Å². The quantitative estimate of drug-likeness (QED) is 0.425. The zero-order valence-electron chi connectivity index (χ0n) is 11.6. The number of halogens is 1. The first-order valence-electron chi connectivity index (χ1n) is 6.97. The lowest BCUT2D eigenvalue weighted by Gasteiger charge is -2.29. The number of rotatable bonds is 10. The highest BCUT2D eigenvalue weighted by atomic mass is 127. The maximum Gasteiger partial charge on any atom is 0.0154 e. The van der Waals surface area contributed by atoms with Crippen LogP contribution in [0.3, 0.4) is 0 Å². The van der Waals surface area contributed by atoms with Crippen molar-refractivity contribution in [3.8, 4) is 0 Å². The van der Waals surface area contributed by atoms with Gasteiger partial charge in [0.15, 0.2) is 0 Å². The smallest absolute Gasteiger partial charge is 0.0154 e. The molecular weight excluding hydrogens is 309 g/mol. The van der Waals surface area contributed by atoms with Gasteiger partial charge in [-0.05, 0) is 19.3 Å². The van der Waals surface area contributed by atoms with Gasteiger partial charge in [0.1, 0.15) is 0 Å². The number of hydrogen-bond acceptors (Lipinski definition) is 1. The third-order valence-corrected chi connectivity index (χ3v) is 3.33. The van der Waals surface area contributed by atoms with E-state index in [1.807, 2.05) is 0 Å². The molecule has 0 aromatic rings. The average Bonchev–Trinajstić information content (AvgIpc) is 2.24. The van der Waals surface area contributed by atoms with E-state index in [9.17, 15) is 0 Å². The van der Waals surface area contributed by atoms with Crippen molar-refractivity contribution in [1.29, 1.82) is 0 Å². The second kappa shape index (κ2) is 12.2. The Bertz CT molecular complexity index is 129. The van der Waals surface area contributed by atoms with Gasteiger partial charge in [-0.1, -0.05) is 65.7 Å². The molecular formula is C14H32IN. The highest BCUT2D eigenvalue weighted by molar-refractivity contribution is 14.0. The minimum absolute atomic E-state index is 0. The van der Waals surface area contributed by atoms with Crippen LogP contribution in [0.1, 0.15) is 85.0 Å². The molecule has 0 aliphatic heterocycles. The molecule has 0 aliphatic rings. The molecule has 0 spiro atoms. The van der Waals surface area contributed by atoms with E-state index in [2.05, 4.69) is 20.8 Å². The third kappa shape index (κ3) is 9.88. The Balaban J connectivity index is 0. The van der Waals surface area contributed by atoms with Crippen LogP contribution in [0.2, 0.25) is 0 Å². The van der Waals surface area contributed by atoms with Crippen LogP contribution in [0.5, 0.6) is 0 Å². The van der Waals surface area contributed by atoms with Gasteiger partial charge < -0.3 is 5.73 Å². The third-order valence-electron chi connectivity index (χ3n) is 3.33. The number of hydrogen-bond donors (Lipinski definition) is 1. The second-order valence-electron chi connectivity index (χ2n) is 5.03. The fraction of sp³-hybridized carbons (Fsp3) is 1.00. The van der Waals surface area contributed by atoms with Crippen LogP contribution in [-0.2, 0) is 0 Å². The molecule has 0 saturated carbocycles. The minimum Gasteiger partial charge on any atom is -0.325 e. The van der Waals surface area contributed by atoms with Crippen molar-refractivity contribution in [2.24, 2.45) is 5.73 Å². The average molecular weight is 341 g/mol. The maximum atomic E-state index is 6.51. The summed E-state index contributed by atoms with van der Waals surface area (Å²) in [6, 6.07) is 0. The molecule has 100 valence electrons. The van der Waals surface area contributed by atoms with Crippen molar-refractivity contribution in [3.05, 3.63) is 0 Å². The molecule has 0 fully saturated rings. The molecule has 0 aromatic carbocycles. The predicted molar refractivity (Wildman–Crippen MR) is 85.5 cm³/mol. The van der Waals surface area contributed by atoms with E-state index in [0.29, 0.717) is 0 Å². The molecule has 1 nitrogen and oxygen atoms in total. The van der Waals surface area contributed by atoms with E-state index in [0.717, 1.165) is 0 Å². The zero-order valence-corrected chi connectivity index (χ0v) is 13.9. The first kappa shape index (κ1) is 19.0. The summed E-state index contributed by atoms with van der Waals surface area (Å²) in [5, 5.41) is 0. The van der Waals surface area contributed by atoms with Crippen LogP contribution in [0.25, 0.3) is 0 Å². The van der Waals surface area contributed by atoms with Gasteiger partial charge >= 0.3 is 0 Å². The molecule has 0 heterocycles. The minimum atomic E-state index is 0. The maximum absolute atomic E-state index is 6.51. The van der Waals surface area contributed by atoms with Gasteiger partial charge in [-0.2, -0.15) is 0 Å². The first-order valence-corrected chi connectivity index (χ1v) is 6.97. The van der Waals surface area contributed by atoms with Crippen molar-refractivity contribution < 1.29 is 0 Å². The Morgan fingerprint density at radius 1 is 0.688 bits per heavy atom. The van der Waals surface area contributed by atoms with Crippen molar-refractivity contribution in [2.45, 2.75) is 90.5 Å². The summed E-state index contributed by atoms with van der Waals surface area (Å²) in [5.41, 5.74) is 6.66. The van der Waals surface area contributed by atoms with Crippen LogP contribution >= 0.6 is 24.0 Å². The Kier molecular flexibility index (Phi) is 14.5. The fourth-order valence-electron chi connectivity index (χ4n) is 2.16. The SMILES string of the molecule is CCCCCC(N)(CCCC)CCCC.I. The molecule has 0 bridgehead atoms. The lowest BCUT2D eigenvalue weighted by atomic mass is 9.83. The molecule has 0 atom stereocenters. The molecule has 0 aromatic heterocycles. The standard InChI is InChI=1S/C14H31N.HI/c1-4-7-10-13-14(15,11-8-5-2)12-9-6-3;/h4-13,15H2,1-3H3;1H. The highest BCUT2D eigenvalue weighted by Gasteiger charge is 2.22. The van der Waals surface area contributed by atoms with Crippen LogP contribution in [0.15, 0.2) is 0 Å². The molecule has 0 unspecified atom stereocenters. The summed E-state index contributed by atoms with van der Waals surface area (Å²) in [7, 11) is 0. The van der Waals surface area contributed by atoms with Gasteiger partial charge in [0.05, 0.1) is 0 Å². The van der Waals surface area contributed by atoms with E-state index in [4.69, 9.17) is 5.73 Å². The Hall–Kier alpha value is 0.690. The van der Waals surface area contributed by atoms with Gasteiger partial charge in [0.25, 0.3) is 0 Å². The summed E-state index contributed by atoms with van der Waals surface area (Å²) in [6.07, 6.45) is 12.8. The van der Waals surface area contributed by atoms with Crippen LogP contribution in [-0.4, -0.2) is 5.54 Å². The molecule has 0 amide bonds. The van der Waals surface area contributed by atoms with Gasteiger partial charge in [-0.3, -0.25) is 0 Å². The Labute approximate surface area is 120 Å².